The highest BCUT2D eigenvalue weighted by atomic mass is 32.2. The molecule has 1 N–H and O–H groups in total. The van der Waals surface area contributed by atoms with Crippen molar-refractivity contribution in [3.8, 4) is 0 Å². The lowest BCUT2D eigenvalue weighted by molar-refractivity contribution is -0.122. The number of fused-ring (bicyclic) bond motifs is 1. The summed E-state index contributed by atoms with van der Waals surface area (Å²) in [5, 5.41) is 3.13. The van der Waals surface area contributed by atoms with E-state index in [-0.39, 0.29) is 11.5 Å². The minimum Gasteiger partial charge on any atom is -0.370 e. The van der Waals surface area contributed by atoms with E-state index in [2.05, 4.69) is 10.3 Å². The Morgan fingerprint density at radius 1 is 1.13 bits per heavy atom. The fourth-order valence-electron chi connectivity index (χ4n) is 3.24. The van der Waals surface area contributed by atoms with Gasteiger partial charge in [0.05, 0.1) is 10.5 Å². The standard InChI is InChI=1S/C22H20N4O2S2/c1-2-23-19-16(20(27)25-12-7-6-10-18(25)24-19)14-17-21(28)26(22(29)30-17)13-11-15-8-4-3-5-9-15/h3-10,12,14,23H,2,11,13H2,1H3/b17-14-. The number of rotatable bonds is 6. The molecule has 0 bridgehead atoms. The maximum absolute atomic E-state index is 13.1. The van der Waals surface area contributed by atoms with Crippen molar-refractivity contribution < 1.29 is 4.79 Å². The van der Waals surface area contributed by atoms with Crippen LogP contribution in [0, 0.1) is 0 Å². The number of thiocarbonyl (C=S) groups is 1. The normalized spacial score (nSPS) is 15.4. The third kappa shape index (κ3) is 4.01. The molecule has 1 aliphatic rings. The van der Waals surface area contributed by atoms with Gasteiger partial charge in [0.1, 0.15) is 15.8 Å². The topological polar surface area (TPSA) is 66.7 Å². The summed E-state index contributed by atoms with van der Waals surface area (Å²) in [6.45, 7) is 3.04. The summed E-state index contributed by atoms with van der Waals surface area (Å²) in [4.78, 5) is 32.6. The molecule has 3 heterocycles. The fourth-order valence-corrected chi connectivity index (χ4v) is 4.53. The smallest absolute Gasteiger partial charge is 0.267 e. The molecule has 3 aromatic rings. The molecular formula is C22H20N4O2S2. The van der Waals surface area contributed by atoms with Gasteiger partial charge in [-0.1, -0.05) is 60.4 Å². The molecule has 0 saturated carbocycles. The maximum atomic E-state index is 13.1. The van der Waals surface area contributed by atoms with Crippen LogP contribution in [-0.2, 0) is 11.2 Å². The lowest BCUT2D eigenvalue weighted by Gasteiger charge is -2.14. The molecule has 4 rings (SSSR count). The van der Waals surface area contributed by atoms with E-state index in [9.17, 15) is 9.59 Å². The van der Waals surface area contributed by atoms with Gasteiger partial charge in [-0.3, -0.25) is 18.9 Å². The van der Waals surface area contributed by atoms with Gasteiger partial charge in [-0.2, -0.15) is 0 Å². The van der Waals surface area contributed by atoms with Crippen LogP contribution in [0.3, 0.4) is 0 Å². The van der Waals surface area contributed by atoms with Crippen molar-refractivity contribution in [2.75, 3.05) is 18.4 Å². The summed E-state index contributed by atoms with van der Waals surface area (Å²) in [6, 6.07) is 15.3. The first-order valence-corrected chi connectivity index (χ1v) is 10.9. The highest BCUT2D eigenvalue weighted by Crippen LogP contribution is 2.33. The SMILES string of the molecule is CCNc1nc2ccccn2c(=O)c1/C=C1\SC(=S)N(CCc2ccccc2)C1=O. The van der Waals surface area contributed by atoms with Crippen molar-refractivity contribution in [1.29, 1.82) is 0 Å². The quantitative estimate of drug-likeness (QED) is 0.471. The van der Waals surface area contributed by atoms with E-state index >= 15 is 0 Å². The van der Waals surface area contributed by atoms with Gasteiger partial charge in [-0.05, 0) is 37.1 Å². The summed E-state index contributed by atoms with van der Waals surface area (Å²) in [5.74, 6) is 0.282. The van der Waals surface area contributed by atoms with Crippen molar-refractivity contribution in [2.45, 2.75) is 13.3 Å². The average molecular weight is 437 g/mol. The number of carbonyl (C=O) groups is 1. The number of pyridine rings is 1. The van der Waals surface area contributed by atoms with Crippen molar-refractivity contribution in [3.05, 3.63) is 81.1 Å². The van der Waals surface area contributed by atoms with Gasteiger partial charge < -0.3 is 5.32 Å². The Hall–Kier alpha value is -2.97. The van der Waals surface area contributed by atoms with E-state index in [4.69, 9.17) is 12.2 Å². The molecule has 2 aromatic heterocycles. The van der Waals surface area contributed by atoms with Crippen LogP contribution in [0.1, 0.15) is 18.1 Å². The van der Waals surface area contributed by atoms with Crippen LogP contribution in [0.15, 0.2) is 64.4 Å². The molecule has 1 aliphatic heterocycles. The molecule has 0 radical (unpaired) electrons. The molecule has 1 fully saturated rings. The van der Waals surface area contributed by atoms with E-state index in [0.717, 1.165) is 5.56 Å². The number of aromatic nitrogens is 2. The first-order valence-electron chi connectivity index (χ1n) is 9.63. The summed E-state index contributed by atoms with van der Waals surface area (Å²) < 4.78 is 1.98. The maximum Gasteiger partial charge on any atom is 0.267 e. The van der Waals surface area contributed by atoms with Crippen molar-refractivity contribution in [3.63, 3.8) is 0 Å². The number of benzene rings is 1. The molecule has 0 atom stereocenters. The molecule has 0 aliphatic carbocycles. The Balaban J connectivity index is 1.66. The zero-order valence-corrected chi connectivity index (χ0v) is 18.0. The van der Waals surface area contributed by atoms with Crippen LogP contribution in [0.25, 0.3) is 11.7 Å². The van der Waals surface area contributed by atoms with Gasteiger partial charge in [-0.15, -0.1) is 0 Å². The van der Waals surface area contributed by atoms with Crippen molar-refractivity contribution in [2.24, 2.45) is 0 Å². The number of carbonyl (C=O) groups excluding carboxylic acids is 1. The molecule has 0 unspecified atom stereocenters. The summed E-state index contributed by atoms with van der Waals surface area (Å²) >= 11 is 6.65. The number of anilines is 1. The van der Waals surface area contributed by atoms with Crippen LogP contribution in [0.2, 0.25) is 0 Å². The molecular weight excluding hydrogens is 416 g/mol. The second kappa shape index (κ2) is 8.81. The molecule has 1 amide bonds. The Labute approximate surface area is 183 Å². The van der Waals surface area contributed by atoms with Crippen molar-refractivity contribution in [1.82, 2.24) is 14.3 Å². The largest absolute Gasteiger partial charge is 0.370 e. The van der Waals surface area contributed by atoms with E-state index < -0.39 is 0 Å². The summed E-state index contributed by atoms with van der Waals surface area (Å²) in [5.41, 5.74) is 1.81. The number of thioether (sulfide) groups is 1. The second-order valence-electron chi connectivity index (χ2n) is 6.71. The van der Waals surface area contributed by atoms with Crippen LogP contribution >= 0.6 is 24.0 Å². The summed E-state index contributed by atoms with van der Waals surface area (Å²) in [7, 11) is 0. The number of hydrogen-bond donors (Lipinski definition) is 1. The number of hydrogen-bond acceptors (Lipinski definition) is 6. The molecule has 152 valence electrons. The first kappa shape index (κ1) is 20.3. The molecule has 30 heavy (non-hydrogen) atoms. The average Bonchev–Trinajstić information content (AvgIpc) is 3.03. The van der Waals surface area contributed by atoms with Gasteiger partial charge in [0.15, 0.2) is 0 Å². The van der Waals surface area contributed by atoms with E-state index in [1.165, 1.54) is 16.2 Å². The van der Waals surface area contributed by atoms with Crippen molar-refractivity contribution >= 4 is 51.7 Å². The fraction of sp³-hybridized carbons (Fsp3) is 0.182. The predicted octanol–water partition coefficient (Wildman–Crippen LogP) is 3.57. The van der Waals surface area contributed by atoms with Gasteiger partial charge in [0.25, 0.3) is 11.5 Å². The molecule has 1 aromatic carbocycles. The molecule has 6 nitrogen and oxygen atoms in total. The van der Waals surface area contributed by atoms with Gasteiger partial charge >= 0.3 is 0 Å². The number of nitrogens with one attached hydrogen (secondary N) is 1. The lowest BCUT2D eigenvalue weighted by Crippen LogP contribution is -2.30. The monoisotopic (exact) mass is 436 g/mol. The van der Waals surface area contributed by atoms with E-state index in [1.807, 2.05) is 43.3 Å². The van der Waals surface area contributed by atoms with Crippen LogP contribution in [0.4, 0.5) is 5.82 Å². The Kier molecular flexibility index (Phi) is 5.96. The van der Waals surface area contributed by atoms with Crippen LogP contribution in [-0.4, -0.2) is 37.6 Å². The predicted molar refractivity (Wildman–Crippen MR) is 126 cm³/mol. The third-order valence-corrected chi connectivity index (χ3v) is 6.11. The molecule has 1 saturated heterocycles. The lowest BCUT2D eigenvalue weighted by atomic mass is 10.1. The molecule has 8 heteroatoms. The third-order valence-electron chi connectivity index (χ3n) is 4.73. The van der Waals surface area contributed by atoms with Gasteiger partial charge in [0.2, 0.25) is 0 Å². The Morgan fingerprint density at radius 3 is 2.67 bits per heavy atom. The Bertz CT molecular complexity index is 1200. The van der Waals surface area contributed by atoms with E-state index in [0.29, 0.717) is 45.8 Å². The molecule has 0 spiro atoms. The minimum absolute atomic E-state index is 0.180. The number of amides is 1. The summed E-state index contributed by atoms with van der Waals surface area (Å²) in [6.07, 6.45) is 3.99. The van der Waals surface area contributed by atoms with Crippen LogP contribution < -0.4 is 10.9 Å². The minimum atomic E-state index is -0.230. The number of nitrogens with zero attached hydrogens (tertiary/aromatic N) is 3. The zero-order chi connectivity index (χ0) is 21.1. The van der Waals surface area contributed by atoms with Crippen LogP contribution in [0.5, 0.6) is 0 Å². The highest BCUT2D eigenvalue weighted by Gasteiger charge is 2.32. The Morgan fingerprint density at radius 2 is 1.90 bits per heavy atom. The van der Waals surface area contributed by atoms with E-state index in [1.54, 1.807) is 29.3 Å². The highest BCUT2D eigenvalue weighted by molar-refractivity contribution is 8.26. The zero-order valence-electron chi connectivity index (χ0n) is 16.4. The van der Waals surface area contributed by atoms with Gasteiger partial charge in [0, 0.05) is 19.3 Å². The first-order chi connectivity index (χ1) is 14.6. The second-order valence-corrected chi connectivity index (χ2v) is 8.38. The van der Waals surface area contributed by atoms with Gasteiger partial charge in [-0.25, -0.2) is 4.98 Å².